The highest BCUT2D eigenvalue weighted by Crippen LogP contribution is 2.09. The molecule has 0 aliphatic rings. The number of aliphatic hydroxyl groups excluding tert-OH is 1. The molecule has 1 amide bonds. The van der Waals surface area contributed by atoms with Gasteiger partial charge in [-0.3, -0.25) is 0 Å². The van der Waals surface area contributed by atoms with Gasteiger partial charge in [-0.25, -0.2) is 9.59 Å². The molecule has 0 aromatic heterocycles. The Balaban J connectivity index is 4.39. The van der Waals surface area contributed by atoms with Crippen LogP contribution < -0.4 is 5.32 Å². The number of esters is 1. The summed E-state index contributed by atoms with van der Waals surface area (Å²) in [5.74, 6) is 0.216. The third-order valence-corrected chi connectivity index (χ3v) is 2.78. The second kappa shape index (κ2) is 9.88. The molecule has 118 valence electrons. The van der Waals surface area contributed by atoms with Crippen molar-refractivity contribution in [2.75, 3.05) is 25.2 Å². The highest BCUT2D eigenvalue weighted by atomic mass is 32.2. The summed E-state index contributed by atoms with van der Waals surface area (Å²) in [5.41, 5.74) is -0.616. The van der Waals surface area contributed by atoms with E-state index in [-0.39, 0.29) is 13.2 Å². The first-order valence-corrected chi connectivity index (χ1v) is 7.95. The van der Waals surface area contributed by atoms with Crippen molar-refractivity contribution >= 4 is 23.8 Å². The Labute approximate surface area is 124 Å². The molecule has 0 bridgehead atoms. The molecule has 0 unspecified atom stereocenters. The number of hydrogen-bond donors (Lipinski definition) is 2. The van der Waals surface area contributed by atoms with Crippen LogP contribution in [0.15, 0.2) is 0 Å². The Kier molecular flexibility index (Phi) is 9.41. The summed E-state index contributed by atoms with van der Waals surface area (Å²) >= 11 is 1.58. The Morgan fingerprint density at radius 1 is 1.35 bits per heavy atom. The summed E-state index contributed by atoms with van der Waals surface area (Å²) in [5, 5.41) is 11.2. The van der Waals surface area contributed by atoms with Gasteiger partial charge in [0.15, 0.2) is 0 Å². The lowest BCUT2D eigenvalue weighted by Gasteiger charge is -2.22. The number of alkyl carbamates (subject to hydrolysis) is 1. The lowest BCUT2D eigenvalue weighted by Crippen LogP contribution is -2.44. The van der Waals surface area contributed by atoms with E-state index in [1.165, 1.54) is 0 Å². The van der Waals surface area contributed by atoms with Crippen LogP contribution in [0.2, 0.25) is 0 Å². The van der Waals surface area contributed by atoms with Gasteiger partial charge in [-0.1, -0.05) is 0 Å². The third kappa shape index (κ3) is 9.91. The molecular weight excluding hydrogens is 282 g/mol. The van der Waals surface area contributed by atoms with Crippen molar-refractivity contribution in [3.05, 3.63) is 0 Å². The average molecular weight is 307 g/mol. The molecule has 1 atom stereocenters. The molecule has 0 aliphatic heterocycles. The summed E-state index contributed by atoms with van der Waals surface area (Å²) in [6, 6.07) is -0.726. The van der Waals surface area contributed by atoms with E-state index in [9.17, 15) is 9.59 Å². The minimum atomic E-state index is -0.726. The summed E-state index contributed by atoms with van der Waals surface area (Å²) in [7, 11) is 0. The van der Waals surface area contributed by atoms with Crippen molar-refractivity contribution in [1.29, 1.82) is 0 Å². The van der Waals surface area contributed by atoms with Crippen molar-refractivity contribution in [2.45, 2.75) is 45.3 Å². The van der Waals surface area contributed by atoms with Crippen LogP contribution in [0.1, 0.15) is 33.6 Å². The van der Waals surface area contributed by atoms with Gasteiger partial charge in [0.1, 0.15) is 11.6 Å². The van der Waals surface area contributed by atoms with Crippen molar-refractivity contribution in [2.24, 2.45) is 0 Å². The zero-order valence-corrected chi connectivity index (χ0v) is 13.4. The molecule has 0 saturated heterocycles. The Morgan fingerprint density at radius 3 is 2.50 bits per heavy atom. The first-order valence-electron chi connectivity index (χ1n) is 6.56. The number of hydrogen-bond acceptors (Lipinski definition) is 6. The quantitative estimate of drug-likeness (QED) is 0.523. The molecule has 2 N–H and O–H groups in total. The van der Waals surface area contributed by atoms with Crippen molar-refractivity contribution in [3.8, 4) is 0 Å². The van der Waals surface area contributed by atoms with Crippen LogP contribution >= 0.6 is 11.8 Å². The predicted octanol–water partition coefficient (Wildman–Crippen LogP) is 1.56. The molecule has 20 heavy (non-hydrogen) atoms. The fourth-order valence-corrected chi connectivity index (χ4v) is 1.74. The Hall–Kier alpha value is -0.950. The van der Waals surface area contributed by atoms with E-state index in [4.69, 9.17) is 14.6 Å². The third-order valence-electron chi connectivity index (χ3n) is 2.13. The van der Waals surface area contributed by atoms with E-state index in [2.05, 4.69) is 5.32 Å². The van der Waals surface area contributed by atoms with E-state index in [1.807, 2.05) is 6.26 Å². The molecule has 7 heteroatoms. The molecular formula is C13H25NO5S. The van der Waals surface area contributed by atoms with Crippen LogP contribution in [0.4, 0.5) is 4.79 Å². The fraction of sp³-hybridized carbons (Fsp3) is 0.846. The lowest BCUT2D eigenvalue weighted by atomic mass is 10.2. The number of rotatable bonds is 8. The number of aliphatic hydroxyl groups is 1. The number of carbonyl (C=O) groups excluding carboxylic acids is 2. The van der Waals surface area contributed by atoms with Crippen molar-refractivity contribution in [1.82, 2.24) is 5.32 Å². The van der Waals surface area contributed by atoms with Crippen LogP contribution in [-0.4, -0.2) is 54.0 Å². The molecule has 0 radical (unpaired) electrons. The molecule has 0 aliphatic carbocycles. The molecule has 6 nitrogen and oxygen atoms in total. The molecule has 0 spiro atoms. The van der Waals surface area contributed by atoms with E-state index in [1.54, 1.807) is 32.5 Å². The van der Waals surface area contributed by atoms with E-state index >= 15 is 0 Å². The van der Waals surface area contributed by atoms with Gasteiger partial charge in [0, 0.05) is 13.0 Å². The Bertz CT molecular complexity index is 304. The number of thioether (sulfide) groups is 1. The highest BCUT2D eigenvalue weighted by molar-refractivity contribution is 7.98. The summed E-state index contributed by atoms with van der Waals surface area (Å²) < 4.78 is 10.1. The maximum Gasteiger partial charge on any atom is 0.408 e. The van der Waals surface area contributed by atoms with Gasteiger partial charge in [0.05, 0.1) is 6.61 Å². The standard InChI is InChI=1S/C13H25NO5S/c1-13(2,3)19-12(17)14-10(6-9-20-4)11(16)18-8-5-7-15/h10,15H,5-9H2,1-4H3,(H,14,17)/t10-/m0/s1. The topological polar surface area (TPSA) is 84.9 Å². The van der Waals surface area contributed by atoms with Gasteiger partial charge < -0.3 is 19.9 Å². The second-order valence-electron chi connectivity index (χ2n) is 5.22. The number of amides is 1. The van der Waals surface area contributed by atoms with E-state index in [0.29, 0.717) is 12.8 Å². The first-order chi connectivity index (χ1) is 9.30. The normalized spacial score (nSPS) is 12.7. The summed E-state index contributed by atoms with van der Waals surface area (Å²) in [6.45, 7) is 5.36. The van der Waals surface area contributed by atoms with Gasteiger partial charge in [0.25, 0.3) is 0 Å². The van der Waals surface area contributed by atoms with Gasteiger partial charge in [-0.15, -0.1) is 0 Å². The minimum absolute atomic E-state index is 0.0394. The van der Waals surface area contributed by atoms with Crippen LogP contribution in [0.3, 0.4) is 0 Å². The lowest BCUT2D eigenvalue weighted by molar-refractivity contribution is -0.146. The minimum Gasteiger partial charge on any atom is -0.464 e. The van der Waals surface area contributed by atoms with E-state index in [0.717, 1.165) is 5.75 Å². The van der Waals surface area contributed by atoms with Crippen LogP contribution in [0.25, 0.3) is 0 Å². The van der Waals surface area contributed by atoms with Gasteiger partial charge >= 0.3 is 12.1 Å². The summed E-state index contributed by atoms with van der Waals surface area (Å²) in [4.78, 5) is 23.5. The molecule has 0 fully saturated rings. The summed E-state index contributed by atoms with van der Waals surface area (Å²) in [6.07, 6.45) is 2.13. The maximum absolute atomic E-state index is 11.8. The predicted molar refractivity (Wildman–Crippen MR) is 78.8 cm³/mol. The SMILES string of the molecule is CSCC[C@H](NC(=O)OC(C)(C)C)C(=O)OCCCO. The molecule has 0 saturated carbocycles. The maximum atomic E-state index is 11.8. The molecule has 0 rings (SSSR count). The Morgan fingerprint density at radius 2 is 2.00 bits per heavy atom. The zero-order chi connectivity index (χ0) is 15.6. The largest absolute Gasteiger partial charge is 0.464 e. The van der Waals surface area contributed by atoms with Crippen molar-refractivity contribution in [3.63, 3.8) is 0 Å². The second-order valence-corrected chi connectivity index (χ2v) is 6.21. The van der Waals surface area contributed by atoms with Gasteiger partial charge in [-0.05, 0) is 39.2 Å². The number of nitrogens with one attached hydrogen (secondary N) is 1. The first kappa shape index (κ1) is 19.1. The molecule has 0 aromatic carbocycles. The van der Waals surface area contributed by atoms with Gasteiger partial charge in [-0.2, -0.15) is 11.8 Å². The van der Waals surface area contributed by atoms with Crippen LogP contribution in [0, 0.1) is 0 Å². The molecule has 0 aromatic rings. The van der Waals surface area contributed by atoms with Crippen molar-refractivity contribution < 1.29 is 24.2 Å². The van der Waals surface area contributed by atoms with Gasteiger partial charge in [0.2, 0.25) is 0 Å². The smallest absolute Gasteiger partial charge is 0.408 e. The highest BCUT2D eigenvalue weighted by Gasteiger charge is 2.25. The number of carbonyl (C=O) groups is 2. The number of ether oxygens (including phenoxy) is 2. The monoisotopic (exact) mass is 307 g/mol. The van der Waals surface area contributed by atoms with E-state index < -0.39 is 23.7 Å². The van der Waals surface area contributed by atoms with Crippen LogP contribution in [0.5, 0.6) is 0 Å². The average Bonchev–Trinajstić information content (AvgIpc) is 2.32. The molecule has 0 heterocycles. The zero-order valence-electron chi connectivity index (χ0n) is 12.6. The van der Waals surface area contributed by atoms with Crippen LogP contribution in [-0.2, 0) is 14.3 Å². The fourth-order valence-electron chi connectivity index (χ4n) is 1.27.